The molecule has 0 amide bonds. The first kappa shape index (κ1) is 11.8. The van der Waals surface area contributed by atoms with Crippen molar-refractivity contribution < 1.29 is 19.6 Å². The van der Waals surface area contributed by atoms with E-state index in [-0.39, 0.29) is 18.8 Å². The number of hydrogen-bond donors (Lipinski definition) is 1. The van der Waals surface area contributed by atoms with Crippen LogP contribution in [0.4, 0.5) is 0 Å². The molecule has 1 N–H and O–H groups in total. The second kappa shape index (κ2) is 6.36. The van der Waals surface area contributed by atoms with Crippen molar-refractivity contribution in [2.24, 2.45) is 0 Å². The van der Waals surface area contributed by atoms with Gasteiger partial charge in [-0.15, -0.1) is 0 Å². The summed E-state index contributed by atoms with van der Waals surface area (Å²) in [5.74, 6) is -0.367. The Morgan fingerprint density at radius 3 is 2.77 bits per heavy atom. The molecule has 0 saturated heterocycles. The van der Waals surface area contributed by atoms with Crippen molar-refractivity contribution >= 4 is 5.97 Å². The molecule has 0 aliphatic rings. The summed E-state index contributed by atoms with van der Waals surface area (Å²) >= 11 is 0. The smallest absolute Gasteiger partial charge is 0.305 e. The van der Waals surface area contributed by atoms with Crippen LogP contribution in [0.5, 0.6) is 0 Å². The topological polar surface area (TPSA) is 89.7 Å². The van der Waals surface area contributed by atoms with Crippen LogP contribution in [0.15, 0.2) is 0 Å². The number of carbonyl (C=O) groups excluding carboxylic acids is 1. The summed E-state index contributed by atoms with van der Waals surface area (Å²) in [7, 11) is 1.27. The van der Waals surface area contributed by atoms with Crippen molar-refractivity contribution in [2.45, 2.75) is 25.4 Å². The van der Waals surface area contributed by atoms with Gasteiger partial charge in [0.05, 0.1) is 7.11 Å². The van der Waals surface area contributed by atoms with Crippen LogP contribution in [0.3, 0.4) is 0 Å². The third kappa shape index (κ3) is 7.20. The molecule has 0 fully saturated rings. The lowest BCUT2D eigenvalue weighted by Crippen LogP contribution is -2.19. The highest BCUT2D eigenvalue weighted by atomic mass is 16.6. The number of aliphatic hydroxyl groups is 1. The zero-order chi connectivity index (χ0) is 10.3. The van der Waals surface area contributed by atoms with Gasteiger partial charge < -0.3 is 9.84 Å². The molecule has 0 aromatic rings. The molecule has 0 radical (unpaired) electrons. The number of carbonyl (C=O) groups is 1. The number of ether oxygens (including phenoxy) is 1. The van der Waals surface area contributed by atoms with Crippen LogP contribution >= 0.6 is 0 Å². The van der Waals surface area contributed by atoms with Gasteiger partial charge in [0, 0.05) is 11.3 Å². The molecule has 76 valence electrons. The van der Waals surface area contributed by atoms with Crippen molar-refractivity contribution in [1.29, 1.82) is 0 Å². The molecule has 1 unspecified atom stereocenters. The Labute approximate surface area is 75.7 Å². The van der Waals surface area contributed by atoms with Gasteiger partial charge in [0.15, 0.2) is 0 Å². The number of nitro groups is 1. The number of esters is 1. The van der Waals surface area contributed by atoms with E-state index in [2.05, 4.69) is 4.74 Å². The SMILES string of the molecule is COC(=O)CCCC(O)C[N+](=O)[O-]. The second-order valence-corrected chi connectivity index (χ2v) is 2.64. The number of aliphatic hydroxyl groups excluding tert-OH is 1. The van der Waals surface area contributed by atoms with Crippen LogP contribution < -0.4 is 0 Å². The van der Waals surface area contributed by atoms with E-state index < -0.39 is 17.6 Å². The van der Waals surface area contributed by atoms with Crippen molar-refractivity contribution in [3.8, 4) is 0 Å². The molecule has 0 spiro atoms. The summed E-state index contributed by atoms with van der Waals surface area (Å²) in [6.07, 6.45) is -0.136. The number of hydrogen-bond acceptors (Lipinski definition) is 5. The Morgan fingerprint density at radius 1 is 1.69 bits per heavy atom. The minimum atomic E-state index is -0.973. The van der Waals surface area contributed by atoms with Crippen LogP contribution in [0.1, 0.15) is 19.3 Å². The van der Waals surface area contributed by atoms with Gasteiger partial charge in [0.1, 0.15) is 6.10 Å². The van der Waals surface area contributed by atoms with Crippen molar-refractivity contribution in [1.82, 2.24) is 0 Å². The third-order valence-corrected chi connectivity index (χ3v) is 1.51. The first-order chi connectivity index (χ1) is 6.06. The van der Waals surface area contributed by atoms with Crippen molar-refractivity contribution in [3.63, 3.8) is 0 Å². The number of methoxy groups -OCH3 is 1. The Balaban J connectivity index is 3.42. The molecule has 1 atom stereocenters. The standard InChI is InChI=1S/C7H13NO5/c1-13-7(10)4-2-3-6(9)5-8(11)12/h6,9H,2-5H2,1H3. The Bertz CT molecular complexity index is 182. The van der Waals surface area contributed by atoms with Gasteiger partial charge in [-0.05, 0) is 12.8 Å². The van der Waals surface area contributed by atoms with E-state index in [4.69, 9.17) is 5.11 Å². The molecule has 6 nitrogen and oxygen atoms in total. The summed E-state index contributed by atoms with van der Waals surface area (Å²) in [5.41, 5.74) is 0. The highest BCUT2D eigenvalue weighted by Gasteiger charge is 2.11. The lowest BCUT2D eigenvalue weighted by molar-refractivity contribution is -0.490. The maximum atomic E-state index is 10.6. The summed E-state index contributed by atoms with van der Waals surface area (Å²) < 4.78 is 4.36. The summed E-state index contributed by atoms with van der Waals surface area (Å²) in [6, 6.07) is 0. The number of rotatable bonds is 6. The van der Waals surface area contributed by atoms with Gasteiger partial charge in [0.25, 0.3) is 0 Å². The van der Waals surface area contributed by atoms with E-state index >= 15 is 0 Å². The van der Waals surface area contributed by atoms with E-state index in [0.29, 0.717) is 6.42 Å². The lowest BCUT2D eigenvalue weighted by Gasteiger charge is -2.04. The van der Waals surface area contributed by atoms with E-state index in [1.165, 1.54) is 7.11 Å². The third-order valence-electron chi connectivity index (χ3n) is 1.51. The molecule has 0 aliphatic carbocycles. The molecule has 0 aromatic heterocycles. The average Bonchev–Trinajstić information content (AvgIpc) is 2.02. The fourth-order valence-electron chi connectivity index (χ4n) is 0.847. The quantitative estimate of drug-likeness (QED) is 0.361. The second-order valence-electron chi connectivity index (χ2n) is 2.64. The van der Waals surface area contributed by atoms with Crippen LogP contribution in [0.25, 0.3) is 0 Å². The molecule has 0 aliphatic heterocycles. The first-order valence-corrected chi connectivity index (χ1v) is 3.93. The Kier molecular flexibility index (Phi) is 5.79. The maximum absolute atomic E-state index is 10.6. The number of nitrogens with zero attached hydrogens (tertiary/aromatic N) is 1. The van der Waals surface area contributed by atoms with Crippen LogP contribution in [-0.2, 0) is 9.53 Å². The van der Waals surface area contributed by atoms with E-state index in [1.54, 1.807) is 0 Å². The normalized spacial score (nSPS) is 12.2. The zero-order valence-electron chi connectivity index (χ0n) is 7.43. The van der Waals surface area contributed by atoms with Crippen molar-refractivity contribution in [2.75, 3.05) is 13.7 Å². The van der Waals surface area contributed by atoms with E-state index in [9.17, 15) is 14.9 Å². The largest absolute Gasteiger partial charge is 0.469 e. The molecular formula is C7H13NO5. The Morgan fingerprint density at radius 2 is 2.31 bits per heavy atom. The molecule has 0 heterocycles. The summed E-state index contributed by atoms with van der Waals surface area (Å²) in [4.78, 5) is 19.9. The predicted octanol–water partition coefficient (Wildman–Crippen LogP) is -0.0327. The fourth-order valence-corrected chi connectivity index (χ4v) is 0.847. The highest BCUT2D eigenvalue weighted by molar-refractivity contribution is 5.68. The minimum absolute atomic E-state index is 0.186. The minimum Gasteiger partial charge on any atom is -0.469 e. The van der Waals surface area contributed by atoms with Gasteiger partial charge in [0.2, 0.25) is 6.54 Å². The Hall–Kier alpha value is -1.17. The lowest BCUT2D eigenvalue weighted by atomic mass is 10.1. The van der Waals surface area contributed by atoms with Crippen LogP contribution in [0, 0.1) is 10.1 Å². The fraction of sp³-hybridized carbons (Fsp3) is 0.857. The molecule has 0 aromatic carbocycles. The summed E-state index contributed by atoms with van der Waals surface area (Å²) in [6.45, 7) is -0.471. The van der Waals surface area contributed by atoms with Crippen LogP contribution in [0.2, 0.25) is 0 Å². The van der Waals surface area contributed by atoms with Gasteiger partial charge >= 0.3 is 5.97 Å². The van der Waals surface area contributed by atoms with Gasteiger partial charge in [-0.25, -0.2) is 0 Å². The van der Waals surface area contributed by atoms with E-state index in [1.807, 2.05) is 0 Å². The first-order valence-electron chi connectivity index (χ1n) is 3.93. The van der Waals surface area contributed by atoms with Gasteiger partial charge in [-0.2, -0.15) is 0 Å². The maximum Gasteiger partial charge on any atom is 0.305 e. The van der Waals surface area contributed by atoms with Crippen molar-refractivity contribution in [3.05, 3.63) is 10.1 Å². The van der Waals surface area contributed by atoms with Gasteiger partial charge in [-0.1, -0.05) is 0 Å². The molecular weight excluding hydrogens is 178 g/mol. The summed E-state index contributed by atoms with van der Waals surface area (Å²) in [5, 5.41) is 18.9. The highest BCUT2D eigenvalue weighted by Crippen LogP contribution is 2.01. The van der Waals surface area contributed by atoms with Crippen LogP contribution in [-0.4, -0.2) is 35.8 Å². The monoisotopic (exact) mass is 191 g/mol. The molecule has 6 heteroatoms. The predicted molar refractivity (Wildman–Crippen MR) is 43.7 cm³/mol. The molecule has 0 saturated carbocycles. The molecule has 0 bridgehead atoms. The zero-order valence-corrected chi connectivity index (χ0v) is 7.43. The van der Waals surface area contributed by atoms with E-state index in [0.717, 1.165) is 0 Å². The molecule has 13 heavy (non-hydrogen) atoms. The average molecular weight is 191 g/mol. The van der Waals surface area contributed by atoms with Gasteiger partial charge in [-0.3, -0.25) is 14.9 Å². The molecule has 0 rings (SSSR count).